The molecule has 42 heavy (non-hydrogen) atoms. The number of phenolic OH excluding ortho intramolecular Hbond substituents is 2. The van der Waals surface area contributed by atoms with E-state index in [4.69, 9.17) is 9.98 Å². The van der Waals surface area contributed by atoms with Crippen molar-refractivity contribution >= 4 is 23.8 Å². The van der Waals surface area contributed by atoms with Gasteiger partial charge in [-0.2, -0.15) is 0 Å². The third kappa shape index (κ3) is 7.54. The molecule has 0 spiro atoms. The molecule has 0 heterocycles. The number of aliphatic imine (C=N–C) groups is 2. The summed E-state index contributed by atoms with van der Waals surface area (Å²) < 4.78 is 0. The zero-order chi connectivity index (χ0) is 29.5. The number of hydrogen-bond acceptors (Lipinski definition) is 4. The van der Waals surface area contributed by atoms with Crippen LogP contribution in [0.4, 0.5) is 11.4 Å². The van der Waals surface area contributed by atoms with E-state index in [9.17, 15) is 10.2 Å². The van der Waals surface area contributed by atoms with E-state index in [1.807, 2.05) is 36.4 Å². The van der Waals surface area contributed by atoms with Gasteiger partial charge in [0.05, 0.1) is 11.4 Å². The minimum Gasteiger partial charge on any atom is -0.507 e. The molecule has 0 atom stereocenters. The number of phenols is 2. The largest absolute Gasteiger partial charge is 0.507 e. The summed E-state index contributed by atoms with van der Waals surface area (Å²) in [6.07, 6.45) is 9.29. The molecule has 3 aromatic rings. The van der Waals surface area contributed by atoms with Crippen molar-refractivity contribution in [2.24, 2.45) is 9.98 Å². The Bertz CT molecular complexity index is 1250. The van der Waals surface area contributed by atoms with E-state index < -0.39 is 0 Å². The Morgan fingerprint density at radius 3 is 1.19 bits per heavy atom. The molecule has 0 amide bonds. The van der Waals surface area contributed by atoms with Crippen LogP contribution in [0.2, 0.25) is 0 Å². The molecule has 0 aliphatic heterocycles. The molecule has 0 unspecified atom stereocenters. The van der Waals surface area contributed by atoms with Gasteiger partial charge in [0.25, 0.3) is 0 Å². The molecule has 231 valence electrons. The SMILES string of the molecule is CCC(CC)(CC)c1cc(C)cc(C=Nc2ccccc2N=Cc2cc(C)cc(C(CC)(CC)CC)c2O)c1O.[CH3-].[Co]. The Morgan fingerprint density at radius 2 is 0.905 bits per heavy atom. The van der Waals surface area contributed by atoms with E-state index in [1.54, 1.807) is 12.4 Å². The van der Waals surface area contributed by atoms with Crippen molar-refractivity contribution in [3.05, 3.63) is 89.3 Å². The summed E-state index contributed by atoms with van der Waals surface area (Å²) in [6, 6.07) is 15.9. The molecule has 0 bridgehead atoms. The first-order valence-corrected chi connectivity index (χ1v) is 15.0. The molecule has 3 rings (SSSR count). The van der Waals surface area contributed by atoms with Gasteiger partial charge in [-0.05, 0) is 98.6 Å². The molecule has 0 saturated carbocycles. The second-order valence-electron chi connectivity index (χ2n) is 11.2. The van der Waals surface area contributed by atoms with Crippen molar-refractivity contribution in [2.45, 2.75) is 105 Å². The summed E-state index contributed by atoms with van der Waals surface area (Å²) >= 11 is 0. The van der Waals surface area contributed by atoms with Gasteiger partial charge in [0.2, 0.25) is 0 Å². The average Bonchev–Trinajstić information content (AvgIpc) is 2.97. The van der Waals surface area contributed by atoms with Crippen molar-refractivity contribution in [1.29, 1.82) is 0 Å². The molecule has 0 fully saturated rings. The first kappa shape index (κ1) is 37.1. The van der Waals surface area contributed by atoms with Crippen LogP contribution in [0.1, 0.15) is 113 Å². The number of para-hydroxylation sites is 2. The molecule has 0 saturated heterocycles. The normalized spacial score (nSPS) is 12.0. The van der Waals surface area contributed by atoms with Gasteiger partial charge in [0.15, 0.2) is 0 Å². The second kappa shape index (κ2) is 16.1. The van der Waals surface area contributed by atoms with E-state index in [0.717, 1.165) is 60.8 Å². The molecule has 1 radical (unpaired) electrons. The van der Waals surface area contributed by atoms with Gasteiger partial charge >= 0.3 is 0 Å². The summed E-state index contributed by atoms with van der Waals surface area (Å²) in [5.41, 5.74) is 6.93. The third-order valence-corrected chi connectivity index (χ3v) is 9.34. The van der Waals surface area contributed by atoms with Crippen LogP contribution in [-0.2, 0) is 27.6 Å². The first-order chi connectivity index (χ1) is 19.1. The zero-order valence-corrected chi connectivity index (χ0v) is 28.2. The maximum atomic E-state index is 11.3. The number of benzene rings is 3. The molecule has 0 aliphatic rings. The van der Waals surface area contributed by atoms with Crippen LogP contribution in [0, 0.1) is 21.3 Å². The Hall–Kier alpha value is -2.89. The summed E-state index contributed by atoms with van der Waals surface area (Å²) in [7, 11) is 0. The van der Waals surface area contributed by atoms with Crippen LogP contribution in [0.25, 0.3) is 0 Å². The van der Waals surface area contributed by atoms with Gasteiger partial charge in [-0.1, -0.05) is 65.8 Å². The second-order valence-corrected chi connectivity index (χ2v) is 11.2. The Morgan fingerprint density at radius 1 is 0.595 bits per heavy atom. The van der Waals surface area contributed by atoms with Gasteiger partial charge in [-0.15, -0.1) is 0 Å². The van der Waals surface area contributed by atoms with E-state index in [0.29, 0.717) is 34.0 Å². The maximum Gasteiger partial charge on any atom is 0.128 e. The van der Waals surface area contributed by atoms with Crippen LogP contribution >= 0.6 is 0 Å². The van der Waals surface area contributed by atoms with Gasteiger partial charge in [-0.3, -0.25) is 9.98 Å². The molecular weight excluding hydrogens is 563 g/mol. The van der Waals surface area contributed by atoms with Crippen molar-refractivity contribution < 1.29 is 27.0 Å². The van der Waals surface area contributed by atoms with Gasteiger partial charge in [0, 0.05) is 51.5 Å². The maximum absolute atomic E-state index is 11.3. The van der Waals surface area contributed by atoms with E-state index in [1.165, 1.54) is 0 Å². The molecule has 3 aromatic carbocycles. The van der Waals surface area contributed by atoms with E-state index in [2.05, 4.69) is 67.5 Å². The van der Waals surface area contributed by atoms with Crippen LogP contribution in [0.3, 0.4) is 0 Å². The zero-order valence-electron chi connectivity index (χ0n) is 27.1. The van der Waals surface area contributed by atoms with E-state index in [-0.39, 0.29) is 35.0 Å². The number of hydrogen-bond donors (Lipinski definition) is 2. The smallest absolute Gasteiger partial charge is 0.128 e. The Balaban J connectivity index is 0.00000441. The third-order valence-electron chi connectivity index (χ3n) is 9.34. The summed E-state index contributed by atoms with van der Waals surface area (Å²) in [4.78, 5) is 9.53. The van der Waals surface area contributed by atoms with Crippen LogP contribution in [-0.4, -0.2) is 22.6 Å². The fourth-order valence-corrected chi connectivity index (χ4v) is 6.22. The molecular formula is C37H51CoN2O2-. The minimum absolute atomic E-state index is 0. The standard InChI is InChI=1S/C36H48N2O2.CH3.Co/c1-9-35(10-2,11-3)29-21-25(7)19-27(33(29)39)23-37-31-17-15-16-18-32(31)38-24-28-20-26(8)22-30(34(28)40)36(12-4,13-5)14-6;;/h15-24,39-40H,9-14H2,1-8H3;1H3;/q;-1;. The van der Waals surface area contributed by atoms with Crippen LogP contribution in [0.5, 0.6) is 11.5 Å². The number of rotatable bonds is 12. The number of aromatic hydroxyl groups is 2. The molecule has 0 aromatic heterocycles. The molecule has 5 heteroatoms. The van der Waals surface area contributed by atoms with Gasteiger partial charge < -0.3 is 17.6 Å². The first-order valence-electron chi connectivity index (χ1n) is 15.0. The minimum atomic E-state index is -0.0551. The molecule has 2 N–H and O–H groups in total. The van der Waals surface area contributed by atoms with E-state index >= 15 is 0 Å². The summed E-state index contributed by atoms with van der Waals surface area (Å²) in [6.45, 7) is 17.3. The number of aryl methyl sites for hydroxylation is 2. The van der Waals surface area contributed by atoms with Gasteiger partial charge in [0.1, 0.15) is 11.5 Å². The van der Waals surface area contributed by atoms with Crippen molar-refractivity contribution in [1.82, 2.24) is 0 Å². The predicted octanol–water partition coefficient (Wildman–Crippen LogP) is 10.6. The quantitative estimate of drug-likeness (QED) is 0.157. The average molecular weight is 615 g/mol. The molecule has 4 nitrogen and oxygen atoms in total. The predicted molar refractivity (Wildman–Crippen MR) is 178 cm³/mol. The van der Waals surface area contributed by atoms with Crippen LogP contribution < -0.4 is 0 Å². The monoisotopic (exact) mass is 614 g/mol. The fraction of sp³-hybridized carbons (Fsp3) is 0.432. The van der Waals surface area contributed by atoms with Crippen LogP contribution in [0.15, 0.2) is 58.5 Å². The number of nitrogens with zero attached hydrogens (tertiary/aromatic N) is 2. The van der Waals surface area contributed by atoms with Crippen molar-refractivity contribution in [3.8, 4) is 11.5 Å². The Labute approximate surface area is 265 Å². The van der Waals surface area contributed by atoms with Crippen molar-refractivity contribution in [3.63, 3.8) is 0 Å². The molecule has 0 aliphatic carbocycles. The fourth-order valence-electron chi connectivity index (χ4n) is 6.22. The summed E-state index contributed by atoms with van der Waals surface area (Å²) in [5, 5.41) is 22.6. The van der Waals surface area contributed by atoms with Crippen molar-refractivity contribution in [2.75, 3.05) is 0 Å². The Kier molecular flexibility index (Phi) is 14.2. The van der Waals surface area contributed by atoms with Gasteiger partial charge in [-0.25, -0.2) is 0 Å². The summed E-state index contributed by atoms with van der Waals surface area (Å²) in [5.74, 6) is 0.619. The topological polar surface area (TPSA) is 65.2 Å².